The predicted molar refractivity (Wildman–Crippen MR) is 82.4 cm³/mol. The molecule has 0 spiro atoms. The highest BCUT2D eigenvalue weighted by molar-refractivity contribution is 6.33. The van der Waals surface area contributed by atoms with Crippen LogP contribution in [0.3, 0.4) is 0 Å². The molecule has 0 heterocycles. The minimum atomic E-state index is -1.02. The lowest BCUT2D eigenvalue weighted by Gasteiger charge is -2.21. The number of rotatable bonds is 3. The zero-order chi connectivity index (χ0) is 14.9. The van der Waals surface area contributed by atoms with E-state index in [1.165, 1.54) is 17.2 Å². The molecule has 0 saturated heterocycles. The van der Waals surface area contributed by atoms with E-state index >= 15 is 0 Å². The molecule has 0 aliphatic rings. The van der Waals surface area contributed by atoms with Crippen LogP contribution in [0.15, 0.2) is 36.4 Å². The van der Waals surface area contributed by atoms with Crippen LogP contribution in [0.25, 0.3) is 0 Å². The van der Waals surface area contributed by atoms with Gasteiger partial charge in [-0.25, -0.2) is 4.79 Å². The lowest BCUT2D eigenvalue weighted by molar-refractivity contribution is 0.0697. The Balaban J connectivity index is 2.40. The van der Waals surface area contributed by atoms with E-state index in [-0.39, 0.29) is 10.6 Å². The first-order valence-electron chi connectivity index (χ1n) is 6.23. The number of hydrogen-bond acceptors (Lipinski definition) is 2. The van der Waals surface area contributed by atoms with E-state index in [4.69, 9.17) is 16.7 Å². The second kappa shape index (κ2) is 5.55. The molecular weight excluding hydrogens is 274 g/mol. The van der Waals surface area contributed by atoms with Gasteiger partial charge in [0.05, 0.1) is 10.6 Å². The van der Waals surface area contributed by atoms with Gasteiger partial charge in [0.2, 0.25) is 0 Å². The van der Waals surface area contributed by atoms with Crippen molar-refractivity contribution in [2.24, 2.45) is 0 Å². The largest absolute Gasteiger partial charge is 0.478 e. The van der Waals surface area contributed by atoms with Crippen LogP contribution in [0.4, 0.5) is 11.4 Å². The lowest BCUT2D eigenvalue weighted by atomic mass is 10.1. The average Bonchev–Trinajstić information content (AvgIpc) is 2.36. The Morgan fingerprint density at radius 2 is 1.65 bits per heavy atom. The van der Waals surface area contributed by atoms with Gasteiger partial charge in [0.1, 0.15) is 0 Å². The molecule has 0 amide bonds. The maximum absolute atomic E-state index is 11.0. The molecule has 3 nitrogen and oxygen atoms in total. The van der Waals surface area contributed by atoms with Crippen LogP contribution >= 0.6 is 11.6 Å². The highest BCUT2D eigenvalue weighted by atomic mass is 35.5. The molecule has 0 unspecified atom stereocenters. The molecule has 2 rings (SSSR count). The van der Waals surface area contributed by atoms with Crippen molar-refractivity contribution in [1.82, 2.24) is 0 Å². The van der Waals surface area contributed by atoms with E-state index in [0.717, 1.165) is 11.4 Å². The van der Waals surface area contributed by atoms with E-state index in [1.807, 2.05) is 25.8 Å². The van der Waals surface area contributed by atoms with E-state index in [2.05, 4.69) is 18.2 Å². The van der Waals surface area contributed by atoms with Crippen molar-refractivity contribution in [1.29, 1.82) is 0 Å². The Kier molecular flexibility index (Phi) is 4.00. The number of hydrogen-bond donors (Lipinski definition) is 1. The Labute approximate surface area is 123 Å². The van der Waals surface area contributed by atoms with Crippen LogP contribution in [0.1, 0.15) is 21.5 Å². The molecule has 0 atom stereocenters. The molecule has 20 heavy (non-hydrogen) atoms. The standard InChI is InChI=1S/C16H16ClNO2/c1-10-6-11(2)8-13(7-10)18(3)12-4-5-14(16(19)20)15(17)9-12/h4-9H,1-3H3,(H,19,20). The minimum absolute atomic E-state index is 0.115. The molecule has 104 valence electrons. The topological polar surface area (TPSA) is 40.5 Å². The molecule has 0 radical (unpaired) electrons. The molecule has 2 aromatic rings. The second-order valence-electron chi connectivity index (χ2n) is 4.87. The van der Waals surface area contributed by atoms with Gasteiger partial charge < -0.3 is 10.0 Å². The molecule has 2 aromatic carbocycles. The second-order valence-corrected chi connectivity index (χ2v) is 5.28. The molecule has 4 heteroatoms. The Bertz CT molecular complexity index is 647. The van der Waals surface area contributed by atoms with E-state index < -0.39 is 5.97 Å². The lowest BCUT2D eigenvalue weighted by Crippen LogP contribution is -2.10. The fraction of sp³-hybridized carbons (Fsp3) is 0.188. The third-order valence-electron chi connectivity index (χ3n) is 3.16. The molecule has 0 fully saturated rings. The summed E-state index contributed by atoms with van der Waals surface area (Å²) in [6.45, 7) is 4.09. The fourth-order valence-corrected chi connectivity index (χ4v) is 2.44. The maximum atomic E-state index is 11.0. The summed E-state index contributed by atoms with van der Waals surface area (Å²) >= 11 is 6.01. The smallest absolute Gasteiger partial charge is 0.337 e. The van der Waals surface area contributed by atoms with Crippen LogP contribution in [-0.4, -0.2) is 18.1 Å². The van der Waals surface area contributed by atoms with Gasteiger partial charge in [-0.05, 0) is 55.3 Å². The summed E-state index contributed by atoms with van der Waals surface area (Å²) in [6.07, 6.45) is 0. The number of anilines is 2. The van der Waals surface area contributed by atoms with Crippen molar-refractivity contribution >= 4 is 28.9 Å². The summed E-state index contributed by atoms with van der Waals surface area (Å²) < 4.78 is 0. The van der Waals surface area contributed by atoms with Crippen molar-refractivity contribution < 1.29 is 9.90 Å². The van der Waals surface area contributed by atoms with Gasteiger partial charge in [-0.3, -0.25) is 0 Å². The quantitative estimate of drug-likeness (QED) is 0.909. The van der Waals surface area contributed by atoms with Crippen LogP contribution in [0.2, 0.25) is 5.02 Å². The van der Waals surface area contributed by atoms with E-state index in [0.29, 0.717) is 0 Å². The highest BCUT2D eigenvalue weighted by Gasteiger charge is 2.11. The van der Waals surface area contributed by atoms with Crippen LogP contribution in [0, 0.1) is 13.8 Å². The number of carboxylic acids is 1. The van der Waals surface area contributed by atoms with Crippen molar-refractivity contribution in [3.63, 3.8) is 0 Å². The number of aromatic carboxylic acids is 1. The van der Waals surface area contributed by atoms with Gasteiger partial charge in [0.15, 0.2) is 0 Å². The average molecular weight is 290 g/mol. The summed E-state index contributed by atoms with van der Waals surface area (Å²) in [6, 6.07) is 11.2. The number of aryl methyl sites for hydroxylation is 2. The van der Waals surface area contributed by atoms with Gasteiger partial charge in [-0.15, -0.1) is 0 Å². The monoisotopic (exact) mass is 289 g/mol. The number of halogens is 1. The molecule has 0 aliphatic carbocycles. The summed E-state index contributed by atoms with van der Waals surface area (Å²) in [4.78, 5) is 12.9. The number of nitrogens with zero attached hydrogens (tertiary/aromatic N) is 1. The molecule has 0 bridgehead atoms. The normalized spacial score (nSPS) is 10.4. The first-order chi connectivity index (χ1) is 9.38. The number of carboxylic acid groups (broad SMARTS) is 1. The Morgan fingerprint density at radius 3 is 2.15 bits per heavy atom. The number of carbonyl (C=O) groups is 1. The van der Waals surface area contributed by atoms with Crippen molar-refractivity contribution in [2.45, 2.75) is 13.8 Å². The van der Waals surface area contributed by atoms with Gasteiger partial charge in [0, 0.05) is 18.4 Å². The minimum Gasteiger partial charge on any atom is -0.478 e. The van der Waals surface area contributed by atoms with Gasteiger partial charge >= 0.3 is 5.97 Å². The third-order valence-corrected chi connectivity index (χ3v) is 3.48. The van der Waals surface area contributed by atoms with Crippen LogP contribution in [-0.2, 0) is 0 Å². The summed E-state index contributed by atoms with van der Waals surface area (Å²) in [5.41, 5.74) is 4.37. The first kappa shape index (κ1) is 14.4. The molecule has 0 aromatic heterocycles. The van der Waals surface area contributed by atoms with Crippen LogP contribution in [0.5, 0.6) is 0 Å². The molecule has 1 N–H and O–H groups in total. The third kappa shape index (κ3) is 2.94. The van der Waals surface area contributed by atoms with Gasteiger partial charge in [-0.1, -0.05) is 17.7 Å². The van der Waals surface area contributed by atoms with Crippen LogP contribution < -0.4 is 4.90 Å². The molecule has 0 aliphatic heterocycles. The van der Waals surface area contributed by atoms with Crippen molar-refractivity contribution in [2.75, 3.05) is 11.9 Å². The zero-order valence-corrected chi connectivity index (χ0v) is 12.4. The summed E-state index contributed by atoms with van der Waals surface area (Å²) in [5, 5.41) is 9.23. The fourth-order valence-electron chi connectivity index (χ4n) is 2.18. The van der Waals surface area contributed by atoms with Crippen molar-refractivity contribution in [3.8, 4) is 0 Å². The summed E-state index contributed by atoms with van der Waals surface area (Å²) in [5.74, 6) is -1.02. The zero-order valence-electron chi connectivity index (χ0n) is 11.6. The SMILES string of the molecule is Cc1cc(C)cc(N(C)c2ccc(C(=O)O)c(Cl)c2)c1. The van der Waals surface area contributed by atoms with E-state index in [1.54, 1.807) is 12.1 Å². The van der Waals surface area contributed by atoms with E-state index in [9.17, 15) is 4.79 Å². The van der Waals surface area contributed by atoms with Gasteiger partial charge in [0.25, 0.3) is 0 Å². The predicted octanol–water partition coefficient (Wildman–Crippen LogP) is 4.42. The highest BCUT2D eigenvalue weighted by Crippen LogP contribution is 2.29. The number of benzene rings is 2. The summed E-state index contributed by atoms with van der Waals surface area (Å²) in [7, 11) is 1.93. The van der Waals surface area contributed by atoms with Crippen molar-refractivity contribution in [3.05, 3.63) is 58.1 Å². The molecule has 0 saturated carbocycles. The first-order valence-corrected chi connectivity index (χ1v) is 6.61. The van der Waals surface area contributed by atoms with Gasteiger partial charge in [-0.2, -0.15) is 0 Å². The Hall–Kier alpha value is -2.00. The Morgan fingerprint density at radius 1 is 1.05 bits per heavy atom. The molecular formula is C16H16ClNO2. The maximum Gasteiger partial charge on any atom is 0.337 e.